The van der Waals surface area contributed by atoms with Crippen molar-refractivity contribution in [3.8, 4) is 0 Å². The molecule has 0 aromatic carbocycles. The molecular formula is C53H56N28O14. The smallest absolute Gasteiger partial charge is 0.356 e. The SMILES string of the molecule is CCc1cc(C)n2cnnc2n1.CN(C)C(=O)c1cc(C(=O)N(C)C)n2cnnc2n1.CN(C)C(=O)c1cc(C(=O)O)nc2nncn12.COC(=O)c1cc(C(=O)N(C)C)n2cnnc2n1.COC(=O)c1cc(C(=O)O)n2cnnc2n1.Cc1cc(C(=O)O)nc2nncn12. The molecule has 0 atom stereocenters. The van der Waals surface area contributed by atoms with E-state index in [0.29, 0.717) is 17.2 Å². The molecule has 0 saturated heterocycles. The highest BCUT2D eigenvalue weighted by atomic mass is 16.5. The van der Waals surface area contributed by atoms with Crippen molar-refractivity contribution >= 4 is 88.1 Å². The normalized spacial score (nSPS) is 10.5. The molecule has 12 aromatic rings. The fourth-order valence-electron chi connectivity index (χ4n) is 7.75. The number of esters is 2. The third-order valence-corrected chi connectivity index (χ3v) is 12.4. The van der Waals surface area contributed by atoms with Crippen molar-refractivity contribution in [3.05, 3.63) is 143 Å². The number of methoxy groups -OCH3 is 2. The zero-order valence-corrected chi connectivity index (χ0v) is 52.5. The van der Waals surface area contributed by atoms with Crippen LogP contribution in [0.15, 0.2) is 74.4 Å². The first-order valence-corrected chi connectivity index (χ1v) is 27.0. The number of aromatic carboxylic acids is 3. The second-order valence-electron chi connectivity index (χ2n) is 19.8. The van der Waals surface area contributed by atoms with Crippen LogP contribution in [-0.4, -0.2) is 276 Å². The summed E-state index contributed by atoms with van der Waals surface area (Å²) in [7, 11) is 15.3. The molecule has 12 heterocycles. The van der Waals surface area contributed by atoms with Crippen LogP contribution in [0.5, 0.6) is 0 Å². The van der Waals surface area contributed by atoms with Gasteiger partial charge in [-0.05, 0) is 38.5 Å². The maximum Gasteiger partial charge on any atom is 0.356 e. The van der Waals surface area contributed by atoms with E-state index in [0.717, 1.165) is 34.0 Å². The van der Waals surface area contributed by atoms with Crippen molar-refractivity contribution < 1.29 is 67.9 Å². The molecule has 0 bridgehead atoms. The Labute approximate surface area is 532 Å². The highest BCUT2D eigenvalue weighted by Gasteiger charge is 2.23. The molecule has 0 saturated carbocycles. The average Bonchev–Trinajstić information content (AvgIpc) is 1.42. The monoisotopic (exact) mass is 1310 g/mol. The number of hydrogen-bond acceptors (Lipinski definition) is 29. The number of carbonyl (C=O) groups is 9. The number of nitrogens with zero attached hydrogens (tertiary/aromatic N) is 28. The van der Waals surface area contributed by atoms with E-state index in [2.05, 4.69) is 114 Å². The lowest BCUT2D eigenvalue weighted by atomic mass is 10.2. The molecule has 42 nitrogen and oxygen atoms in total. The number of carboxylic acids is 3. The van der Waals surface area contributed by atoms with Gasteiger partial charge in [0.25, 0.3) is 58.3 Å². The number of hydrogen-bond donors (Lipinski definition) is 3. The molecule has 0 aliphatic rings. The predicted molar refractivity (Wildman–Crippen MR) is 319 cm³/mol. The van der Waals surface area contributed by atoms with Gasteiger partial charge in [-0.3, -0.25) is 45.6 Å². The van der Waals surface area contributed by atoms with Gasteiger partial charge in [0, 0.05) is 91.7 Å². The molecule has 95 heavy (non-hydrogen) atoms. The molecule has 0 spiro atoms. The van der Waals surface area contributed by atoms with Crippen molar-refractivity contribution in [2.75, 3.05) is 70.6 Å². The molecule has 4 amide bonds. The van der Waals surface area contributed by atoms with Crippen molar-refractivity contribution in [2.24, 2.45) is 0 Å². The van der Waals surface area contributed by atoms with Gasteiger partial charge in [-0.1, -0.05) is 6.92 Å². The Kier molecular flexibility index (Phi) is 21.7. The quantitative estimate of drug-likeness (QED) is 0.144. The Hall–Kier alpha value is -13.5. The summed E-state index contributed by atoms with van der Waals surface area (Å²) in [5.74, 6) is -4.54. The molecule has 0 aliphatic carbocycles. The molecule has 0 fully saturated rings. The van der Waals surface area contributed by atoms with E-state index in [1.54, 1.807) is 74.0 Å². The molecule has 12 aromatic heterocycles. The van der Waals surface area contributed by atoms with Gasteiger partial charge >= 0.3 is 29.8 Å². The maximum absolute atomic E-state index is 12.1. The van der Waals surface area contributed by atoms with E-state index in [9.17, 15) is 43.2 Å². The van der Waals surface area contributed by atoms with E-state index < -0.39 is 29.8 Å². The Morgan fingerprint density at radius 1 is 0.358 bits per heavy atom. The lowest BCUT2D eigenvalue weighted by Gasteiger charge is -2.14. The van der Waals surface area contributed by atoms with E-state index in [4.69, 9.17) is 15.3 Å². The number of fused-ring (bicyclic) bond motifs is 6. The van der Waals surface area contributed by atoms with E-state index in [-0.39, 0.29) is 92.3 Å². The van der Waals surface area contributed by atoms with E-state index in [1.807, 2.05) is 11.3 Å². The van der Waals surface area contributed by atoms with Gasteiger partial charge in [-0.25, -0.2) is 53.9 Å². The topological polar surface area (TPSA) is 504 Å². The molecule has 42 heteroatoms. The summed E-state index contributed by atoms with van der Waals surface area (Å²) in [6.07, 6.45) is 9.37. The molecule has 12 rings (SSSR count). The fraction of sp³-hybridized carbons (Fsp3) is 0.264. The summed E-state index contributed by atoms with van der Waals surface area (Å²) in [4.78, 5) is 132. The summed E-state index contributed by atoms with van der Waals surface area (Å²) in [6.45, 7) is 5.87. The van der Waals surface area contributed by atoms with Crippen LogP contribution in [0.1, 0.15) is 118 Å². The fourth-order valence-corrected chi connectivity index (χ4v) is 7.75. The van der Waals surface area contributed by atoms with Gasteiger partial charge in [0.05, 0.1) is 14.2 Å². The number of rotatable bonds is 10. The summed E-state index contributed by atoms with van der Waals surface area (Å²) in [5.41, 5.74) is 3.27. The Balaban J connectivity index is 0.000000162. The highest BCUT2D eigenvalue weighted by Crippen LogP contribution is 2.14. The lowest BCUT2D eigenvalue weighted by Crippen LogP contribution is -2.27. The minimum atomic E-state index is -1.22. The Morgan fingerprint density at radius 2 is 0.632 bits per heavy atom. The van der Waals surface area contributed by atoms with Crippen LogP contribution < -0.4 is 0 Å². The van der Waals surface area contributed by atoms with Gasteiger partial charge in [-0.2, -0.15) is 0 Å². The Bertz CT molecular complexity index is 4890. The van der Waals surface area contributed by atoms with Gasteiger partial charge in [0.15, 0.2) is 22.8 Å². The summed E-state index contributed by atoms with van der Waals surface area (Å²) >= 11 is 0. The minimum Gasteiger partial charge on any atom is -0.477 e. The average molecular weight is 1310 g/mol. The first-order chi connectivity index (χ1) is 45.1. The summed E-state index contributed by atoms with van der Waals surface area (Å²) in [6, 6.07) is 8.62. The second kappa shape index (κ2) is 29.9. The van der Waals surface area contributed by atoms with Gasteiger partial charge < -0.3 is 44.4 Å². The standard InChI is InChI=1S/C11H14N6O2.C10H11N5O3.C9H9N5O3.C8H6N4O4.C8H10N4.C7H6N4O2/c1-15(2)9(18)7-5-8(10(19)16(3)4)17-6-12-14-11(17)13-7;1-14(2)8(16)7-4-6(9(17)18-3)12-10-13-11-5-15(7)10;1-13(2)7(15)6-3-5(8(16)17)11-9-12-10-4-14(6)9;1-16-7(15)4-2-5(6(13)14)12-3-9-11-8(12)10-4;1-3-7-4-6(2)12-5-9-11-8(12)10-7;1-4-2-5(6(12)13)9-7-10-8-3-11(4)7/h5-6H,1-4H3;4-5H,1-3H3;3-4H,1-2H3,(H,16,17);2-3H,1H3,(H,13,14);4-5H,3H2,1-2H3;2-3H,1H3,(H,12,13). The van der Waals surface area contributed by atoms with Crippen LogP contribution in [0, 0.1) is 13.8 Å². The number of aromatic nitrogens is 24. The molecule has 0 radical (unpaired) electrons. The van der Waals surface area contributed by atoms with E-state index >= 15 is 0 Å². The van der Waals surface area contributed by atoms with Crippen LogP contribution in [0.25, 0.3) is 34.7 Å². The first kappa shape index (κ1) is 69.0. The Morgan fingerprint density at radius 3 is 0.968 bits per heavy atom. The zero-order valence-electron chi connectivity index (χ0n) is 52.5. The van der Waals surface area contributed by atoms with Crippen molar-refractivity contribution in [1.29, 1.82) is 0 Å². The third kappa shape index (κ3) is 15.9. The maximum atomic E-state index is 12.1. The highest BCUT2D eigenvalue weighted by molar-refractivity contribution is 5.99. The lowest BCUT2D eigenvalue weighted by molar-refractivity contribution is 0.0584. The van der Waals surface area contributed by atoms with Crippen LogP contribution in [-0.2, 0) is 15.9 Å². The number of carbonyl (C=O) groups excluding carboxylic acids is 6. The van der Waals surface area contributed by atoms with Gasteiger partial charge in [-0.15, -0.1) is 61.2 Å². The molecule has 3 N–H and O–H groups in total. The van der Waals surface area contributed by atoms with E-state index in [1.165, 1.54) is 103 Å². The third-order valence-electron chi connectivity index (χ3n) is 12.4. The van der Waals surface area contributed by atoms with Gasteiger partial charge in [0.2, 0.25) is 0 Å². The van der Waals surface area contributed by atoms with Crippen molar-refractivity contribution in [2.45, 2.75) is 27.2 Å². The zero-order chi connectivity index (χ0) is 69.7. The van der Waals surface area contributed by atoms with Gasteiger partial charge in [0.1, 0.15) is 66.4 Å². The van der Waals surface area contributed by atoms with Crippen molar-refractivity contribution in [3.63, 3.8) is 0 Å². The molecule has 0 aliphatic heterocycles. The van der Waals surface area contributed by atoms with Crippen LogP contribution >= 0.6 is 0 Å². The minimum absolute atomic E-state index is 0.0157. The molecule has 492 valence electrons. The number of amides is 4. The van der Waals surface area contributed by atoms with Crippen molar-refractivity contribution in [1.82, 2.24) is 137 Å². The predicted octanol–water partition coefficient (Wildman–Crippen LogP) is -0.600. The first-order valence-electron chi connectivity index (χ1n) is 27.0. The number of aryl methyl sites for hydroxylation is 3. The largest absolute Gasteiger partial charge is 0.477 e. The van der Waals surface area contributed by atoms with Crippen LogP contribution in [0.3, 0.4) is 0 Å². The summed E-state index contributed by atoms with van der Waals surface area (Å²) < 4.78 is 17.9. The second-order valence-corrected chi connectivity index (χ2v) is 19.8. The number of carboxylic acid groups (broad SMARTS) is 3. The van der Waals surface area contributed by atoms with Crippen LogP contribution in [0.2, 0.25) is 0 Å². The molecular weight excluding hydrogens is 1250 g/mol. The molecule has 0 unspecified atom stereocenters. The number of ether oxygens (including phenoxy) is 2. The van der Waals surface area contributed by atoms with Crippen LogP contribution in [0.4, 0.5) is 0 Å². The summed E-state index contributed by atoms with van der Waals surface area (Å²) in [5, 5.41) is 70.6.